The highest BCUT2D eigenvalue weighted by molar-refractivity contribution is 5.33. The number of aryl methyl sites for hydroxylation is 1. The maximum absolute atomic E-state index is 11.6. The average molecular weight is 218 g/mol. The molecular weight excluding hydrogens is 204 g/mol. The lowest BCUT2D eigenvalue weighted by molar-refractivity contribution is 0.804. The van der Waals surface area contributed by atoms with Crippen molar-refractivity contribution in [3.63, 3.8) is 0 Å². The lowest BCUT2D eigenvalue weighted by Crippen LogP contribution is -2.15. The van der Waals surface area contributed by atoms with Crippen molar-refractivity contribution < 1.29 is 0 Å². The molecule has 0 spiro atoms. The number of nitrogens with two attached hydrogens (primary N) is 1. The Balaban J connectivity index is 2.44. The van der Waals surface area contributed by atoms with Crippen LogP contribution in [-0.4, -0.2) is 21.3 Å². The minimum absolute atomic E-state index is 0.228. The molecule has 84 valence electrons. The van der Waals surface area contributed by atoms with Crippen LogP contribution in [0.4, 0.5) is 0 Å². The van der Waals surface area contributed by atoms with Crippen LogP contribution in [0, 0.1) is 6.92 Å². The standard InChI is InChI=1S/C11H14N4O/c1-8-3-2-4-9(7-8)15-11(16)13-10(14-15)5-6-12/h2-4,7H,5-6,12H2,1H3,(H,13,14,16). The lowest BCUT2D eigenvalue weighted by atomic mass is 10.2. The molecule has 1 aromatic heterocycles. The van der Waals surface area contributed by atoms with Crippen LogP contribution < -0.4 is 11.4 Å². The van der Waals surface area contributed by atoms with Crippen molar-refractivity contribution in [2.75, 3.05) is 6.54 Å². The molecule has 1 heterocycles. The predicted octanol–water partition coefficient (Wildman–Crippen LogP) is 0.370. The summed E-state index contributed by atoms with van der Waals surface area (Å²) in [4.78, 5) is 14.3. The first kappa shape index (κ1) is 10.6. The van der Waals surface area contributed by atoms with Gasteiger partial charge in [0.05, 0.1) is 5.69 Å². The first-order chi connectivity index (χ1) is 7.70. The Morgan fingerprint density at radius 3 is 3.00 bits per heavy atom. The maximum Gasteiger partial charge on any atom is 0.348 e. The van der Waals surface area contributed by atoms with Gasteiger partial charge in [0.15, 0.2) is 0 Å². The minimum Gasteiger partial charge on any atom is -0.330 e. The zero-order chi connectivity index (χ0) is 11.5. The number of rotatable bonds is 3. The summed E-state index contributed by atoms with van der Waals surface area (Å²) in [7, 11) is 0. The van der Waals surface area contributed by atoms with Crippen molar-refractivity contribution in [2.24, 2.45) is 5.73 Å². The summed E-state index contributed by atoms with van der Waals surface area (Å²) >= 11 is 0. The topological polar surface area (TPSA) is 76.7 Å². The number of nitrogens with zero attached hydrogens (tertiary/aromatic N) is 2. The van der Waals surface area contributed by atoms with Gasteiger partial charge in [-0.05, 0) is 31.2 Å². The summed E-state index contributed by atoms with van der Waals surface area (Å²) < 4.78 is 1.36. The molecule has 0 radical (unpaired) electrons. The monoisotopic (exact) mass is 218 g/mol. The van der Waals surface area contributed by atoms with Crippen LogP contribution in [0.15, 0.2) is 29.1 Å². The normalized spacial score (nSPS) is 10.6. The van der Waals surface area contributed by atoms with Crippen molar-refractivity contribution in [1.82, 2.24) is 14.8 Å². The minimum atomic E-state index is -0.228. The molecule has 16 heavy (non-hydrogen) atoms. The molecule has 0 bridgehead atoms. The highest BCUT2D eigenvalue weighted by atomic mass is 16.1. The second kappa shape index (κ2) is 4.32. The molecular formula is C11H14N4O. The Morgan fingerprint density at radius 1 is 1.50 bits per heavy atom. The molecule has 0 aliphatic carbocycles. The third kappa shape index (κ3) is 2.04. The van der Waals surface area contributed by atoms with Crippen molar-refractivity contribution in [3.05, 3.63) is 46.1 Å². The SMILES string of the molecule is Cc1cccc(-n2nc(CCN)[nH]c2=O)c1. The molecule has 1 aromatic carbocycles. The molecule has 0 fully saturated rings. The van der Waals surface area contributed by atoms with E-state index in [-0.39, 0.29) is 5.69 Å². The highest BCUT2D eigenvalue weighted by Gasteiger charge is 2.06. The Morgan fingerprint density at radius 2 is 2.31 bits per heavy atom. The maximum atomic E-state index is 11.6. The molecule has 0 unspecified atom stereocenters. The van der Waals surface area contributed by atoms with E-state index in [0.717, 1.165) is 11.3 Å². The van der Waals surface area contributed by atoms with Gasteiger partial charge in [-0.15, -0.1) is 0 Å². The number of hydrogen-bond donors (Lipinski definition) is 2. The van der Waals surface area contributed by atoms with E-state index in [4.69, 9.17) is 5.73 Å². The fraction of sp³-hybridized carbons (Fsp3) is 0.273. The van der Waals surface area contributed by atoms with Gasteiger partial charge < -0.3 is 5.73 Å². The number of nitrogens with one attached hydrogen (secondary N) is 1. The number of aromatic nitrogens is 3. The fourth-order valence-corrected chi connectivity index (χ4v) is 1.55. The molecule has 0 amide bonds. The Bertz CT molecular complexity index is 541. The number of hydrogen-bond acceptors (Lipinski definition) is 3. The van der Waals surface area contributed by atoms with E-state index in [1.54, 1.807) is 0 Å². The molecule has 2 aromatic rings. The largest absolute Gasteiger partial charge is 0.348 e. The Labute approximate surface area is 92.9 Å². The first-order valence-corrected chi connectivity index (χ1v) is 5.16. The van der Waals surface area contributed by atoms with Crippen molar-refractivity contribution >= 4 is 0 Å². The van der Waals surface area contributed by atoms with E-state index in [2.05, 4.69) is 10.1 Å². The lowest BCUT2D eigenvalue weighted by Gasteiger charge is -1.99. The zero-order valence-corrected chi connectivity index (χ0v) is 9.10. The molecule has 0 aliphatic heterocycles. The number of H-pyrrole nitrogens is 1. The summed E-state index contributed by atoms with van der Waals surface area (Å²) in [5, 5.41) is 4.18. The van der Waals surface area contributed by atoms with E-state index in [1.807, 2.05) is 31.2 Å². The quantitative estimate of drug-likeness (QED) is 0.781. The van der Waals surface area contributed by atoms with E-state index in [9.17, 15) is 4.79 Å². The van der Waals surface area contributed by atoms with Gasteiger partial charge in [0.1, 0.15) is 5.82 Å². The van der Waals surface area contributed by atoms with Gasteiger partial charge in [-0.2, -0.15) is 9.78 Å². The van der Waals surface area contributed by atoms with Gasteiger partial charge in [0, 0.05) is 6.42 Å². The average Bonchev–Trinajstić information content (AvgIpc) is 2.60. The van der Waals surface area contributed by atoms with Gasteiger partial charge in [-0.3, -0.25) is 4.98 Å². The van der Waals surface area contributed by atoms with E-state index in [0.29, 0.717) is 18.8 Å². The predicted molar refractivity (Wildman–Crippen MR) is 61.7 cm³/mol. The molecule has 3 N–H and O–H groups in total. The smallest absolute Gasteiger partial charge is 0.330 e. The van der Waals surface area contributed by atoms with Crippen LogP contribution in [0.5, 0.6) is 0 Å². The first-order valence-electron chi connectivity index (χ1n) is 5.16. The third-order valence-electron chi connectivity index (χ3n) is 2.29. The van der Waals surface area contributed by atoms with Gasteiger partial charge in [-0.1, -0.05) is 12.1 Å². The van der Waals surface area contributed by atoms with E-state index >= 15 is 0 Å². The Kier molecular flexibility index (Phi) is 2.87. The molecule has 2 rings (SSSR count). The second-order valence-electron chi connectivity index (χ2n) is 3.67. The number of aromatic amines is 1. The van der Waals surface area contributed by atoms with Gasteiger partial charge >= 0.3 is 5.69 Å². The summed E-state index contributed by atoms with van der Waals surface area (Å²) in [5.41, 5.74) is 7.04. The second-order valence-corrected chi connectivity index (χ2v) is 3.67. The summed E-state index contributed by atoms with van der Waals surface area (Å²) in [6.45, 7) is 2.45. The summed E-state index contributed by atoms with van der Waals surface area (Å²) in [6.07, 6.45) is 0.577. The van der Waals surface area contributed by atoms with Crippen LogP contribution >= 0.6 is 0 Å². The molecule has 5 heteroatoms. The van der Waals surface area contributed by atoms with E-state index in [1.165, 1.54) is 4.68 Å². The summed E-state index contributed by atoms with van der Waals surface area (Å²) in [6, 6.07) is 7.63. The highest BCUT2D eigenvalue weighted by Crippen LogP contribution is 2.06. The molecule has 5 nitrogen and oxygen atoms in total. The van der Waals surface area contributed by atoms with E-state index < -0.39 is 0 Å². The summed E-state index contributed by atoms with van der Waals surface area (Å²) in [5.74, 6) is 0.619. The zero-order valence-electron chi connectivity index (χ0n) is 9.10. The fourth-order valence-electron chi connectivity index (χ4n) is 1.55. The molecule has 0 aliphatic rings. The third-order valence-corrected chi connectivity index (χ3v) is 2.29. The van der Waals surface area contributed by atoms with Crippen LogP contribution in [-0.2, 0) is 6.42 Å². The van der Waals surface area contributed by atoms with Crippen LogP contribution in [0.3, 0.4) is 0 Å². The van der Waals surface area contributed by atoms with Crippen molar-refractivity contribution in [1.29, 1.82) is 0 Å². The van der Waals surface area contributed by atoms with Gasteiger partial charge in [0.2, 0.25) is 0 Å². The van der Waals surface area contributed by atoms with Crippen LogP contribution in [0.1, 0.15) is 11.4 Å². The molecule has 0 saturated carbocycles. The number of benzene rings is 1. The van der Waals surface area contributed by atoms with Gasteiger partial charge in [0.25, 0.3) is 0 Å². The molecule has 0 saturated heterocycles. The molecule has 0 atom stereocenters. The Hall–Kier alpha value is -1.88. The van der Waals surface area contributed by atoms with Gasteiger partial charge in [-0.25, -0.2) is 4.79 Å². The van der Waals surface area contributed by atoms with Crippen molar-refractivity contribution in [3.8, 4) is 5.69 Å². The van der Waals surface area contributed by atoms with Crippen LogP contribution in [0.25, 0.3) is 5.69 Å². The van der Waals surface area contributed by atoms with Crippen LogP contribution in [0.2, 0.25) is 0 Å². The van der Waals surface area contributed by atoms with Crippen molar-refractivity contribution in [2.45, 2.75) is 13.3 Å².